The maximum Gasteiger partial charge on any atom is 0.258 e. The van der Waals surface area contributed by atoms with Gasteiger partial charge in [0.1, 0.15) is 5.84 Å². The Labute approximate surface area is 223 Å². The molecule has 1 heterocycles. The van der Waals surface area contributed by atoms with Crippen molar-refractivity contribution in [3.05, 3.63) is 64.2 Å². The summed E-state index contributed by atoms with van der Waals surface area (Å²) in [5.41, 5.74) is 4.31. The molecule has 1 aliphatic heterocycles. The van der Waals surface area contributed by atoms with E-state index in [9.17, 15) is 13.6 Å². The number of alkyl halides is 2. The third kappa shape index (κ3) is 4.42. The molecule has 8 heteroatoms. The fourth-order valence-electron chi connectivity index (χ4n) is 6.89. The normalized spacial score (nSPS) is 20.2. The van der Waals surface area contributed by atoms with Crippen LogP contribution in [0.25, 0.3) is 0 Å². The Morgan fingerprint density at radius 1 is 1.18 bits per heavy atom. The highest BCUT2D eigenvalue weighted by Crippen LogP contribution is 2.69. The van der Waals surface area contributed by atoms with E-state index >= 15 is 0 Å². The van der Waals surface area contributed by atoms with Crippen molar-refractivity contribution < 1.29 is 13.6 Å². The molecule has 38 heavy (non-hydrogen) atoms. The van der Waals surface area contributed by atoms with Gasteiger partial charge in [0.25, 0.3) is 5.91 Å². The van der Waals surface area contributed by atoms with E-state index in [0.29, 0.717) is 31.8 Å². The van der Waals surface area contributed by atoms with Crippen molar-refractivity contribution in [2.75, 3.05) is 18.5 Å². The summed E-state index contributed by atoms with van der Waals surface area (Å²) in [6, 6.07) is 11.8. The number of carbonyl (C=O) groups excluding carboxylic acids is 1. The molecule has 2 fully saturated rings. The van der Waals surface area contributed by atoms with Crippen LogP contribution in [0.15, 0.2) is 36.4 Å². The standard InChI is InChI=1S/C30H37F2N5O/c1-19(2)11-35-12-21-8-20(3)25-13-37(26(38)24(25)9-21)23-7-5-6-22(10-23)29(27(34)36(4)18-33)14-28(15-29)16-30(31,32)17-28/h5-10,18-19,33-35H,11-17H2,1-4H3. The molecular weight excluding hydrogens is 484 g/mol. The SMILES string of the molecule is Cc1cc(CNCC(C)C)cc2c1CN(c1cccc(C3(C(=N)N(C)C=N)CC4(CC(F)(F)C4)C3)c1)C2=O. The summed E-state index contributed by atoms with van der Waals surface area (Å²) in [5.74, 6) is -1.89. The van der Waals surface area contributed by atoms with Gasteiger partial charge >= 0.3 is 0 Å². The van der Waals surface area contributed by atoms with Crippen molar-refractivity contribution in [2.24, 2.45) is 11.3 Å². The van der Waals surface area contributed by atoms with E-state index in [-0.39, 0.29) is 24.6 Å². The lowest BCUT2D eigenvalue weighted by atomic mass is 9.42. The molecule has 5 rings (SSSR count). The van der Waals surface area contributed by atoms with Crippen molar-refractivity contribution in [2.45, 2.75) is 70.9 Å². The van der Waals surface area contributed by atoms with Gasteiger partial charge < -0.3 is 15.1 Å². The van der Waals surface area contributed by atoms with Crippen LogP contribution in [0.1, 0.15) is 72.1 Å². The van der Waals surface area contributed by atoms with Crippen LogP contribution in [0, 0.1) is 29.1 Å². The van der Waals surface area contributed by atoms with Gasteiger partial charge in [0.05, 0.1) is 18.3 Å². The quantitative estimate of drug-likeness (QED) is 0.300. The Hall–Kier alpha value is -3.13. The monoisotopic (exact) mass is 521 g/mol. The van der Waals surface area contributed by atoms with Crippen LogP contribution in [0.4, 0.5) is 14.5 Å². The minimum absolute atomic E-state index is 0.0459. The lowest BCUT2D eigenvalue weighted by Gasteiger charge is -2.63. The molecule has 202 valence electrons. The fourth-order valence-corrected chi connectivity index (χ4v) is 6.89. The molecule has 3 aliphatic rings. The maximum absolute atomic E-state index is 13.8. The summed E-state index contributed by atoms with van der Waals surface area (Å²) < 4.78 is 27.6. The third-order valence-corrected chi connectivity index (χ3v) is 8.54. The first-order valence-electron chi connectivity index (χ1n) is 13.3. The highest BCUT2D eigenvalue weighted by molar-refractivity contribution is 6.10. The van der Waals surface area contributed by atoms with Gasteiger partial charge in [-0.15, -0.1) is 0 Å². The average Bonchev–Trinajstić information content (AvgIpc) is 3.16. The lowest BCUT2D eigenvalue weighted by Crippen LogP contribution is -2.64. The number of rotatable bonds is 8. The number of aryl methyl sites for hydroxylation is 1. The van der Waals surface area contributed by atoms with E-state index in [0.717, 1.165) is 46.4 Å². The van der Waals surface area contributed by atoms with Crippen LogP contribution in [0.5, 0.6) is 0 Å². The molecule has 2 aromatic rings. The molecular formula is C30H37F2N5O. The molecule has 0 bridgehead atoms. The molecule has 3 N–H and O–H groups in total. The number of amidine groups is 1. The Morgan fingerprint density at radius 2 is 1.89 bits per heavy atom. The van der Waals surface area contributed by atoms with E-state index in [1.807, 2.05) is 37.3 Å². The summed E-state index contributed by atoms with van der Waals surface area (Å²) in [7, 11) is 1.65. The van der Waals surface area contributed by atoms with Gasteiger partial charge in [-0.3, -0.25) is 15.6 Å². The Morgan fingerprint density at radius 3 is 2.53 bits per heavy atom. The van der Waals surface area contributed by atoms with Crippen LogP contribution in [0.2, 0.25) is 0 Å². The van der Waals surface area contributed by atoms with Crippen molar-refractivity contribution in [1.29, 1.82) is 10.8 Å². The maximum atomic E-state index is 13.8. The van der Waals surface area contributed by atoms with E-state index < -0.39 is 16.8 Å². The largest absolute Gasteiger partial charge is 0.324 e. The predicted octanol–water partition coefficient (Wildman–Crippen LogP) is 5.86. The number of hydrogen-bond donors (Lipinski definition) is 3. The first kappa shape index (κ1) is 26.5. The second kappa shape index (κ2) is 9.26. The molecule has 2 saturated carbocycles. The van der Waals surface area contributed by atoms with E-state index in [1.54, 1.807) is 11.9 Å². The molecule has 0 atom stereocenters. The number of benzene rings is 2. The highest BCUT2D eigenvalue weighted by atomic mass is 19.3. The van der Waals surface area contributed by atoms with Gasteiger partial charge in [0.2, 0.25) is 5.92 Å². The van der Waals surface area contributed by atoms with E-state index in [2.05, 4.69) is 25.2 Å². The summed E-state index contributed by atoms with van der Waals surface area (Å²) in [6.45, 7) is 8.47. The Kier molecular flexibility index (Phi) is 6.45. The Bertz CT molecular complexity index is 1290. The van der Waals surface area contributed by atoms with Gasteiger partial charge in [-0.05, 0) is 78.1 Å². The molecule has 2 aliphatic carbocycles. The average molecular weight is 522 g/mol. The number of anilines is 1. The molecule has 1 spiro atoms. The van der Waals surface area contributed by atoms with Gasteiger partial charge in [0, 0.05) is 37.7 Å². The number of fused-ring (bicyclic) bond motifs is 1. The van der Waals surface area contributed by atoms with E-state index in [1.165, 1.54) is 4.90 Å². The Balaban J connectivity index is 1.42. The van der Waals surface area contributed by atoms with Gasteiger partial charge in [-0.2, -0.15) is 0 Å². The van der Waals surface area contributed by atoms with Gasteiger partial charge in [-0.1, -0.05) is 32.0 Å². The summed E-state index contributed by atoms with van der Waals surface area (Å²) in [6.07, 6.45) is 1.71. The van der Waals surface area contributed by atoms with E-state index in [4.69, 9.17) is 10.8 Å². The molecule has 0 unspecified atom stereocenters. The number of amides is 1. The first-order chi connectivity index (χ1) is 17.9. The van der Waals surface area contributed by atoms with Crippen LogP contribution >= 0.6 is 0 Å². The van der Waals surface area contributed by atoms with Crippen molar-refractivity contribution in [3.63, 3.8) is 0 Å². The van der Waals surface area contributed by atoms with Crippen LogP contribution in [-0.2, 0) is 18.5 Å². The molecule has 0 radical (unpaired) electrons. The zero-order valence-corrected chi connectivity index (χ0v) is 22.6. The molecule has 0 saturated heterocycles. The second-order valence-corrected chi connectivity index (χ2v) is 12.1. The summed E-state index contributed by atoms with van der Waals surface area (Å²) in [5, 5.41) is 20.0. The number of halogens is 2. The zero-order chi connectivity index (χ0) is 27.5. The second-order valence-electron chi connectivity index (χ2n) is 12.1. The van der Waals surface area contributed by atoms with Gasteiger partial charge in [-0.25, -0.2) is 8.78 Å². The van der Waals surface area contributed by atoms with Gasteiger partial charge in [0.15, 0.2) is 0 Å². The number of hydrogen-bond acceptors (Lipinski definition) is 4. The number of nitrogens with one attached hydrogen (secondary N) is 3. The third-order valence-electron chi connectivity index (χ3n) is 8.54. The molecule has 6 nitrogen and oxygen atoms in total. The topological polar surface area (TPSA) is 83.3 Å². The minimum Gasteiger partial charge on any atom is -0.324 e. The number of likely N-dealkylation sites (N-methyl/N-ethyl adjacent to an activating group) is 1. The van der Waals surface area contributed by atoms with Crippen molar-refractivity contribution >= 4 is 23.8 Å². The zero-order valence-electron chi connectivity index (χ0n) is 22.6. The van der Waals surface area contributed by atoms with Crippen molar-refractivity contribution in [3.8, 4) is 0 Å². The van der Waals surface area contributed by atoms with Crippen LogP contribution < -0.4 is 10.2 Å². The van der Waals surface area contributed by atoms with Crippen LogP contribution in [-0.4, -0.2) is 42.5 Å². The summed E-state index contributed by atoms with van der Waals surface area (Å²) >= 11 is 0. The van der Waals surface area contributed by atoms with Crippen LogP contribution in [0.3, 0.4) is 0 Å². The minimum atomic E-state index is -2.63. The number of nitrogens with zero attached hydrogens (tertiary/aromatic N) is 2. The fraction of sp³-hybridized carbons (Fsp3) is 0.500. The van der Waals surface area contributed by atoms with Crippen molar-refractivity contribution in [1.82, 2.24) is 10.2 Å². The number of carbonyl (C=O) groups is 1. The lowest BCUT2D eigenvalue weighted by molar-refractivity contribution is -0.205. The smallest absolute Gasteiger partial charge is 0.258 e. The predicted molar refractivity (Wildman–Crippen MR) is 146 cm³/mol. The molecule has 1 amide bonds. The summed E-state index contributed by atoms with van der Waals surface area (Å²) in [4.78, 5) is 16.8. The molecule has 2 aromatic carbocycles. The first-order valence-corrected chi connectivity index (χ1v) is 13.3. The highest BCUT2D eigenvalue weighted by Gasteiger charge is 2.68. The molecule has 0 aromatic heterocycles.